The van der Waals surface area contributed by atoms with Gasteiger partial charge in [0.05, 0.1) is 6.04 Å². The SMILES string of the molecule is CC(NC(=O)N1CCN(c2ccc(N(C)C)cc2)CC1)c1ccccc1. The van der Waals surface area contributed by atoms with Gasteiger partial charge in [0.25, 0.3) is 0 Å². The van der Waals surface area contributed by atoms with Gasteiger partial charge in [-0.3, -0.25) is 0 Å². The van der Waals surface area contributed by atoms with Crippen LogP contribution in [-0.4, -0.2) is 51.2 Å². The van der Waals surface area contributed by atoms with Gasteiger partial charge in [-0.2, -0.15) is 0 Å². The van der Waals surface area contributed by atoms with Crippen LogP contribution in [0.3, 0.4) is 0 Å². The molecule has 1 atom stereocenters. The van der Waals surface area contributed by atoms with E-state index in [1.165, 1.54) is 11.4 Å². The summed E-state index contributed by atoms with van der Waals surface area (Å²) in [5.41, 5.74) is 3.54. The van der Waals surface area contributed by atoms with Crippen LogP contribution in [0.1, 0.15) is 18.5 Å². The van der Waals surface area contributed by atoms with Gasteiger partial charge in [-0.25, -0.2) is 4.79 Å². The lowest BCUT2D eigenvalue weighted by atomic mass is 10.1. The molecule has 1 aliphatic rings. The Kier molecular flexibility index (Phi) is 5.66. The molecule has 0 spiro atoms. The normalized spacial score (nSPS) is 15.5. The molecule has 5 nitrogen and oxygen atoms in total. The highest BCUT2D eigenvalue weighted by molar-refractivity contribution is 5.75. The number of amides is 2. The van der Waals surface area contributed by atoms with Gasteiger partial charge in [-0.15, -0.1) is 0 Å². The van der Waals surface area contributed by atoms with Gasteiger partial charge in [0, 0.05) is 51.6 Å². The van der Waals surface area contributed by atoms with Crippen LogP contribution in [0.2, 0.25) is 0 Å². The second-order valence-electron chi connectivity index (χ2n) is 6.97. The maximum absolute atomic E-state index is 12.5. The predicted molar refractivity (Wildman–Crippen MR) is 108 cm³/mol. The first-order valence-corrected chi connectivity index (χ1v) is 9.17. The first kappa shape index (κ1) is 18.1. The molecule has 0 radical (unpaired) electrons. The minimum absolute atomic E-state index is 0.0142. The third-order valence-electron chi connectivity index (χ3n) is 4.94. The highest BCUT2D eigenvalue weighted by atomic mass is 16.2. The average Bonchev–Trinajstić information content (AvgIpc) is 2.69. The molecule has 3 rings (SSSR count). The fraction of sp³-hybridized carbons (Fsp3) is 0.381. The summed E-state index contributed by atoms with van der Waals surface area (Å²) < 4.78 is 0. The van der Waals surface area contributed by atoms with Gasteiger partial charge < -0.3 is 20.0 Å². The molecule has 1 heterocycles. The monoisotopic (exact) mass is 352 g/mol. The molecule has 0 aromatic heterocycles. The third kappa shape index (κ3) is 4.28. The Morgan fingerprint density at radius 3 is 2.15 bits per heavy atom. The number of hydrogen-bond donors (Lipinski definition) is 1. The van der Waals surface area contributed by atoms with Gasteiger partial charge in [0.1, 0.15) is 0 Å². The van der Waals surface area contributed by atoms with Crippen LogP contribution >= 0.6 is 0 Å². The summed E-state index contributed by atoms with van der Waals surface area (Å²) in [6.07, 6.45) is 0. The van der Waals surface area contributed by atoms with E-state index in [2.05, 4.69) is 39.4 Å². The van der Waals surface area contributed by atoms with E-state index in [0.717, 1.165) is 31.7 Å². The number of hydrogen-bond acceptors (Lipinski definition) is 3. The van der Waals surface area contributed by atoms with Crippen molar-refractivity contribution in [2.75, 3.05) is 50.1 Å². The Labute approximate surface area is 156 Å². The molecule has 2 amide bonds. The first-order valence-electron chi connectivity index (χ1n) is 9.17. The molecule has 26 heavy (non-hydrogen) atoms. The zero-order chi connectivity index (χ0) is 18.5. The van der Waals surface area contributed by atoms with E-state index in [-0.39, 0.29) is 12.1 Å². The van der Waals surface area contributed by atoms with Crippen LogP contribution in [-0.2, 0) is 0 Å². The lowest BCUT2D eigenvalue weighted by Crippen LogP contribution is -2.52. The maximum Gasteiger partial charge on any atom is 0.317 e. The zero-order valence-electron chi connectivity index (χ0n) is 15.9. The summed E-state index contributed by atoms with van der Waals surface area (Å²) in [5, 5.41) is 3.10. The summed E-state index contributed by atoms with van der Waals surface area (Å²) in [4.78, 5) is 18.9. The largest absolute Gasteiger partial charge is 0.378 e. The maximum atomic E-state index is 12.5. The van der Waals surface area contributed by atoms with Crippen molar-refractivity contribution < 1.29 is 4.79 Å². The Morgan fingerprint density at radius 1 is 0.962 bits per heavy atom. The fourth-order valence-electron chi connectivity index (χ4n) is 3.23. The van der Waals surface area contributed by atoms with Gasteiger partial charge in [-0.1, -0.05) is 30.3 Å². The minimum Gasteiger partial charge on any atom is -0.378 e. The molecule has 138 valence electrons. The topological polar surface area (TPSA) is 38.8 Å². The summed E-state index contributed by atoms with van der Waals surface area (Å²) >= 11 is 0. The van der Waals surface area contributed by atoms with Crippen LogP contribution in [0.5, 0.6) is 0 Å². The van der Waals surface area contributed by atoms with Gasteiger partial charge in [-0.05, 0) is 36.8 Å². The van der Waals surface area contributed by atoms with Crippen molar-refractivity contribution in [3.8, 4) is 0 Å². The van der Waals surface area contributed by atoms with Gasteiger partial charge in [0.15, 0.2) is 0 Å². The van der Waals surface area contributed by atoms with Crippen LogP contribution in [0.4, 0.5) is 16.2 Å². The molecular weight excluding hydrogens is 324 g/mol. The fourth-order valence-corrected chi connectivity index (χ4v) is 3.23. The molecule has 1 N–H and O–H groups in total. The number of nitrogens with one attached hydrogen (secondary N) is 1. The number of benzene rings is 2. The summed E-state index contributed by atoms with van der Waals surface area (Å²) in [6, 6.07) is 18.7. The smallest absolute Gasteiger partial charge is 0.317 e. The molecule has 0 bridgehead atoms. The molecule has 0 saturated carbocycles. The van der Waals surface area contributed by atoms with Crippen molar-refractivity contribution in [2.24, 2.45) is 0 Å². The standard InChI is InChI=1S/C21H28N4O/c1-17(18-7-5-4-6-8-18)22-21(26)25-15-13-24(14-16-25)20-11-9-19(10-12-20)23(2)3/h4-12,17H,13-16H2,1-3H3,(H,22,26). The van der Waals surface area contributed by atoms with Crippen molar-refractivity contribution in [2.45, 2.75) is 13.0 Å². The second kappa shape index (κ2) is 8.13. The number of rotatable bonds is 4. The van der Waals surface area contributed by atoms with E-state index in [0.29, 0.717) is 0 Å². The Bertz CT molecular complexity index is 707. The lowest BCUT2D eigenvalue weighted by molar-refractivity contribution is 0.191. The molecule has 1 fully saturated rings. The van der Waals surface area contributed by atoms with Gasteiger partial charge >= 0.3 is 6.03 Å². The van der Waals surface area contributed by atoms with Crippen LogP contribution in [0.25, 0.3) is 0 Å². The van der Waals surface area contributed by atoms with Crippen molar-refractivity contribution >= 4 is 17.4 Å². The molecule has 1 unspecified atom stereocenters. The van der Waals surface area contributed by atoms with Gasteiger partial charge in [0.2, 0.25) is 0 Å². The number of anilines is 2. The van der Waals surface area contributed by atoms with E-state index in [1.54, 1.807) is 0 Å². The van der Waals surface area contributed by atoms with Crippen molar-refractivity contribution in [3.05, 3.63) is 60.2 Å². The number of piperazine rings is 1. The molecular formula is C21H28N4O. The van der Waals surface area contributed by atoms with E-state index in [9.17, 15) is 4.79 Å². The van der Waals surface area contributed by atoms with Crippen LogP contribution in [0.15, 0.2) is 54.6 Å². The van der Waals surface area contributed by atoms with Crippen LogP contribution < -0.4 is 15.1 Å². The molecule has 0 aliphatic carbocycles. The minimum atomic E-state index is 0.0142. The average molecular weight is 352 g/mol. The van der Waals surface area contributed by atoms with E-state index < -0.39 is 0 Å². The number of nitrogens with zero attached hydrogens (tertiary/aromatic N) is 3. The zero-order valence-corrected chi connectivity index (χ0v) is 15.9. The van der Waals surface area contributed by atoms with Crippen molar-refractivity contribution in [3.63, 3.8) is 0 Å². The summed E-state index contributed by atoms with van der Waals surface area (Å²) in [5.74, 6) is 0. The molecule has 1 aliphatic heterocycles. The molecule has 1 saturated heterocycles. The Balaban J connectivity index is 1.52. The molecule has 5 heteroatoms. The third-order valence-corrected chi connectivity index (χ3v) is 4.94. The van der Waals surface area contributed by atoms with Crippen molar-refractivity contribution in [1.29, 1.82) is 0 Å². The van der Waals surface area contributed by atoms with Crippen molar-refractivity contribution in [1.82, 2.24) is 10.2 Å². The predicted octanol–water partition coefficient (Wildman–Crippen LogP) is 3.35. The lowest BCUT2D eigenvalue weighted by Gasteiger charge is -2.36. The first-order chi connectivity index (χ1) is 12.5. The van der Waals surface area contributed by atoms with E-state index >= 15 is 0 Å². The van der Waals surface area contributed by atoms with E-state index in [4.69, 9.17) is 0 Å². The summed E-state index contributed by atoms with van der Waals surface area (Å²) in [6.45, 7) is 5.21. The van der Waals surface area contributed by atoms with Crippen LogP contribution in [0, 0.1) is 0 Å². The highest BCUT2D eigenvalue weighted by Gasteiger charge is 2.22. The Hall–Kier alpha value is -2.69. The number of carbonyl (C=O) groups is 1. The molecule has 2 aromatic rings. The Morgan fingerprint density at radius 2 is 1.58 bits per heavy atom. The summed E-state index contributed by atoms with van der Waals surface area (Å²) in [7, 11) is 4.09. The number of urea groups is 1. The van der Waals surface area contributed by atoms with E-state index in [1.807, 2.05) is 56.3 Å². The number of carbonyl (C=O) groups excluding carboxylic acids is 1. The highest BCUT2D eigenvalue weighted by Crippen LogP contribution is 2.21. The molecule has 2 aromatic carbocycles. The quantitative estimate of drug-likeness (QED) is 0.917. The second-order valence-corrected chi connectivity index (χ2v) is 6.97.